The van der Waals surface area contributed by atoms with E-state index >= 15 is 0 Å². The van der Waals surface area contributed by atoms with Gasteiger partial charge < -0.3 is 9.47 Å². The minimum atomic E-state index is -0.835. The van der Waals surface area contributed by atoms with E-state index < -0.39 is 11.6 Å². The Balaban J connectivity index is 1.22. The summed E-state index contributed by atoms with van der Waals surface area (Å²) < 4.78 is 40.6. The van der Waals surface area contributed by atoms with Crippen LogP contribution in [-0.2, 0) is 4.74 Å². The zero-order valence-corrected chi connectivity index (χ0v) is 20.4. The summed E-state index contributed by atoms with van der Waals surface area (Å²) in [6.45, 7) is 6.86. The van der Waals surface area contributed by atoms with Crippen LogP contribution in [0.25, 0.3) is 0 Å². The van der Waals surface area contributed by atoms with Crippen LogP contribution in [0.3, 0.4) is 0 Å². The van der Waals surface area contributed by atoms with E-state index in [9.17, 15) is 8.78 Å². The minimum Gasteiger partial charge on any atom is -0.491 e. The lowest BCUT2D eigenvalue weighted by atomic mass is 9.71. The SMILES string of the molecule is C=CCCC1CCC(C2CCC(C3CCC(c4ccc(OCC)c(F)c4F)CC3)CO2)CC1. The highest BCUT2D eigenvalue weighted by Gasteiger charge is 2.36. The number of rotatable bonds is 8. The second kappa shape index (κ2) is 11.8. The quantitative estimate of drug-likeness (QED) is 0.364. The fourth-order valence-electron chi connectivity index (χ4n) is 6.77. The molecule has 2 saturated carbocycles. The monoisotopic (exact) mass is 460 g/mol. The fraction of sp³-hybridized carbons (Fsp3) is 0.724. The molecule has 3 aliphatic rings. The molecule has 4 rings (SSSR count). The molecule has 0 bridgehead atoms. The molecule has 0 amide bonds. The second-order valence-corrected chi connectivity index (χ2v) is 10.7. The lowest BCUT2D eigenvalue weighted by Crippen LogP contribution is -2.37. The maximum atomic E-state index is 14.6. The van der Waals surface area contributed by atoms with Crippen molar-refractivity contribution in [1.29, 1.82) is 0 Å². The number of hydrogen-bond acceptors (Lipinski definition) is 2. The molecule has 4 heteroatoms. The van der Waals surface area contributed by atoms with Gasteiger partial charge >= 0.3 is 0 Å². The largest absolute Gasteiger partial charge is 0.491 e. The van der Waals surface area contributed by atoms with Crippen molar-refractivity contribution in [3.05, 3.63) is 42.0 Å². The Morgan fingerprint density at radius 2 is 1.61 bits per heavy atom. The van der Waals surface area contributed by atoms with Crippen molar-refractivity contribution >= 4 is 0 Å². The van der Waals surface area contributed by atoms with Gasteiger partial charge in [-0.25, -0.2) is 4.39 Å². The van der Waals surface area contributed by atoms with Crippen LogP contribution in [0.1, 0.15) is 95.5 Å². The van der Waals surface area contributed by atoms with Gasteiger partial charge in [0, 0.05) is 0 Å². The predicted molar refractivity (Wildman–Crippen MR) is 130 cm³/mol. The van der Waals surface area contributed by atoms with Gasteiger partial charge in [-0.1, -0.05) is 25.0 Å². The highest BCUT2D eigenvalue weighted by molar-refractivity contribution is 5.33. The van der Waals surface area contributed by atoms with E-state index in [0.717, 1.165) is 50.5 Å². The predicted octanol–water partition coefficient (Wildman–Crippen LogP) is 8.21. The van der Waals surface area contributed by atoms with Crippen LogP contribution >= 0.6 is 0 Å². The van der Waals surface area contributed by atoms with Crippen molar-refractivity contribution in [2.75, 3.05) is 13.2 Å². The van der Waals surface area contributed by atoms with Gasteiger partial charge in [-0.2, -0.15) is 4.39 Å². The first-order chi connectivity index (χ1) is 16.1. The summed E-state index contributed by atoms with van der Waals surface area (Å²) in [6.07, 6.45) is 16.8. The Labute approximate surface area is 199 Å². The Kier molecular flexibility index (Phi) is 8.85. The number of allylic oxidation sites excluding steroid dienone is 1. The lowest BCUT2D eigenvalue weighted by molar-refractivity contribution is -0.0732. The smallest absolute Gasteiger partial charge is 0.200 e. The molecule has 33 heavy (non-hydrogen) atoms. The average Bonchev–Trinajstić information content (AvgIpc) is 2.86. The molecule has 3 fully saturated rings. The van der Waals surface area contributed by atoms with E-state index in [2.05, 4.69) is 12.7 Å². The van der Waals surface area contributed by atoms with Gasteiger partial charge in [0.25, 0.3) is 0 Å². The summed E-state index contributed by atoms with van der Waals surface area (Å²) in [5, 5.41) is 0. The third-order valence-corrected chi connectivity index (χ3v) is 8.80. The molecule has 1 heterocycles. The second-order valence-electron chi connectivity index (χ2n) is 10.7. The topological polar surface area (TPSA) is 18.5 Å². The van der Waals surface area contributed by atoms with E-state index in [-0.39, 0.29) is 11.7 Å². The van der Waals surface area contributed by atoms with E-state index in [1.54, 1.807) is 19.1 Å². The number of hydrogen-bond donors (Lipinski definition) is 0. The molecular formula is C29H42F2O2. The maximum absolute atomic E-state index is 14.6. The summed E-state index contributed by atoms with van der Waals surface area (Å²) in [5.41, 5.74) is 0.526. The molecule has 0 spiro atoms. The van der Waals surface area contributed by atoms with Crippen molar-refractivity contribution in [2.45, 2.75) is 96.0 Å². The van der Waals surface area contributed by atoms with E-state index in [0.29, 0.717) is 30.1 Å². The van der Waals surface area contributed by atoms with E-state index in [4.69, 9.17) is 9.47 Å². The Morgan fingerprint density at radius 3 is 2.24 bits per heavy atom. The zero-order valence-electron chi connectivity index (χ0n) is 20.4. The molecule has 2 aliphatic carbocycles. The molecule has 0 aromatic heterocycles. The summed E-state index contributed by atoms with van der Waals surface area (Å²) in [7, 11) is 0. The number of halogens is 2. The molecule has 2 nitrogen and oxygen atoms in total. The number of ether oxygens (including phenoxy) is 2. The van der Waals surface area contributed by atoms with Gasteiger partial charge in [0.05, 0.1) is 19.3 Å². The summed E-state index contributed by atoms with van der Waals surface area (Å²) in [6, 6.07) is 3.32. The van der Waals surface area contributed by atoms with Crippen LogP contribution in [0, 0.1) is 35.3 Å². The van der Waals surface area contributed by atoms with Crippen molar-refractivity contribution in [3.8, 4) is 5.75 Å². The first kappa shape index (κ1) is 24.7. The van der Waals surface area contributed by atoms with Gasteiger partial charge in [-0.3, -0.25) is 0 Å². The Bertz CT molecular complexity index is 755. The molecule has 2 unspecified atom stereocenters. The van der Waals surface area contributed by atoms with Crippen LogP contribution in [-0.4, -0.2) is 19.3 Å². The minimum absolute atomic E-state index is 0.0200. The molecule has 0 N–H and O–H groups in total. The third kappa shape index (κ3) is 5.99. The third-order valence-electron chi connectivity index (χ3n) is 8.80. The van der Waals surface area contributed by atoms with Crippen LogP contribution in [0.4, 0.5) is 8.78 Å². The molecule has 184 valence electrons. The molecule has 1 aromatic carbocycles. The van der Waals surface area contributed by atoms with Crippen LogP contribution in [0.15, 0.2) is 24.8 Å². The van der Waals surface area contributed by atoms with Crippen molar-refractivity contribution in [1.82, 2.24) is 0 Å². The van der Waals surface area contributed by atoms with Gasteiger partial charge in [-0.15, -0.1) is 6.58 Å². The number of benzene rings is 1. The molecule has 1 aromatic rings. The first-order valence-corrected chi connectivity index (χ1v) is 13.4. The van der Waals surface area contributed by atoms with Crippen LogP contribution in [0.5, 0.6) is 5.75 Å². The van der Waals surface area contributed by atoms with E-state index in [1.807, 2.05) is 0 Å². The average molecular weight is 461 g/mol. The van der Waals surface area contributed by atoms with Gasteiger partial charge in [0.2, 0.25) is 5.82 Å². The van der Waals surface area contributed by atoms with Crippen molar-refractivity contribution < 1.29 is 18.3 Å². The standard InChI is InChI=1S/C29H42F2O2/c1-3-5-6-20-7-9-23(10-8-20)26-17-15-24(19-33-26)21-11-13-22(14-12-21)25-16-18-27(32-4-2)29(31)28(25)30/h3,16,18,20-24,26H,1,4-15,17,19H2,2H3. The Hall–Kier alpha value is -1.42. The molecule has 1 saturated heterocycles. The highest BCUT2D eigenvalue weighted by Crippen LogP contribution is 2.44. The zero-order chi connectivity index (χ0) is 23.2. The maximum Gasteiger partial charge on any atom is 0.200 e. The lowest BCUT2D eigenvalue weighted by Gasteiger charge is -2.41. The summed E-state index contributed by atoms with van der Waals surface area (Å²) in [4.78, 5) is 0. The van der Waals surface area contributed by atoms with E-state index in [1.165, 1.54) is 44.9 Å². The molecule has 0 radical (unpaired) electrons. The normalized spacial score (nSPS) is 32.9. The summed E-state index contributed by atoms with van der Waals surface area (Å²) in [5.74, 6) is 1.51. The summed E-state index contributed by atoms with van der Waals surface area (Å²) >= 11 is 0. The van der Waals surface area contributed by atoms with Crippen molar-refractivity contribution in [2.24, 2.45) is 23.7 Å². The van der Waals surface area contributed by atoms with Crippen LogP contribution in [0.2, 0.25) is 0 Å². The molecular weight excluding hydrogens is 418 g/mol. The van der Waals surface area contributed by atoms with Gasteiger partial charge in [-0.05, 0) is 112 Å². The highest BCUT2D eigenvalue weighted by atomic mass is 19.2. The molecule has 1 aliphatic heterocycles. The molecule has 2 atom stereocenters. The first-order valence-electron chi connectivity index (χ1n) is 13.4. The fourth-order valence-corrected chi connectivity index (χ4v) is 6.77. The van der Waals surface area contributed by atoms with Crippen molar-refractivity contribution in [3.63, 3.8) is 0 Å². The van der Waals surface area contributed by atoms with Gasteiger partial charge in [0.15, 0.2) is 11.6 Å². The Morgan fingerprint density at radius 1 is 0.909 bits per heavy atom. The van der Waals surface area contributed by atoms with Crippen LogP contribution < -0.4 is 4.74 Å². The van der Waals surface area contributed by atoms with Gasteiger partial charge in [0.1, 0.15) is 0 Å².